The van der Waals surface area contributed by atoms with Crippen molar-refractivity contribution in [1.29, 1.82) is 0 Å². The number of esters is 1. The van der Waals surface area contributed by atoms with Crippen LogP contribution in [0.4, 0.5) is 0 Å². The lowest BCUT2D eigenvalue weighted by molar-refractivity contribution is 0.0603. The smallest absolute Gasteiger partial charge is 0.353 e. The third kappa shape index (κ3) is 1.08. The minimum atomic E-state index is -0.556. The van der Waals surface area contributed by atoms with Gasteiger partial charge in [-0.25, -0.2) is 4.79 Å². The first-order chi connectivity index (χ1) is 4.75. The summed E-state index contributed by atoms with van der Waals surface area (Å²) in [6.07, 6.45) is 1.21. The Morgan fingerprint density at radius 3 is 3.00 bits per heavy atom. The summed E-state index contributed by atoms with van der Waals surface area (Å²) in [5.74, 6) is -0.683. The maximum absolute atomic E-state index is 10.7. The Balaban J connectivity index is 2.93. The third-order valence-corrected chi connectivity index (χ3v) is 1.69. The Morgan fingerprint density at radius 2 is 2.60 bits per heavy atom. The van der Waals surface area contributed by atoms with E-state index in [4.69, 9.17) is 5.11 Å². The number of rotatable bonds is 1. The van der Waals surface area contributed by atoms with Crippen LogP contribution in [0.1, 0.15) is 9.67 Å². The number of aromatic hydroxyl groups is 1. The molecule has 0 spiro atoms. The highest BCUT2D eigenvalue weighted by molar-refractivity contribution is 7.08. The van der Waals surface area contributed by atoms with Gasteiger partial charge in [0.2, 0.25) is 0 Å². The van der Waals surface area contributed by atoms with E-state index in [1.807, 2.05) is 0 Å². The van der Waals surface area contributed by atoms with Crippen LogP contribution in [0.5, 0.6) is 5.75 Å². The number of hydrogen-bond acceptors (Lipinski definition) is 5. The molecule has 0 aliphatic rings. The van der Waals surface area contributed by atoms with E-state index in [9.17, 15) is 4.79 Å². The molecule has 54 valence electrons. The average molecular weight is 159 g/mol. The summed E-state index contributed by atoms with van der Waals surface area (Å²) in [4.78, 5) is 10.8. The van der Waals surface area contributed by atoms with E-state index < -0.39 is 5.97 Å². The summed E-state index contributed by atoms with van der Waals surface area (Å²) in [5, 5.41) is 8.90. The van der Waals surface area contributed by atoms with Gasteiger partial charge in [0.15, 0.2) is 10.6 Å². The van der Waals surface area contributed by atoms with Gasteiger partial charge < -0.3 is 9.84 Å². The molecule has 1 rings (SSSR count). The van der Waals surface area contributed by atoms with E-state index in [2.05, 4.69) is 9.11 Å². The van der Waals surface area contributed by atoms with E-state index in [0.29, 0.717) is 0 Å². The van der Waals surface area contributed by atoms with Gasteiger partial charge in [0.1, 0.15) is 0 Å². The van der Waals surface area contributed by atoms with Crippen LogP contribution in [-0.2, 0) is 4.74 Å². The van der Waals surface area contributed by atoms with Gasteiger partial charge >= 0.3 is 5.97 Å². The van der Waals surface area contributed by atoms with Crippen LogP contribution >= 0.6 is 11.5 Å². The molecule has 0 saturated heterocycles. The van der Waals surface area contributed by atoms with Gasteiger partial charge in [0.25, 0.3) is 0 Å². The van der Waals surface area contributed by atoms with Crippen LogP contribution in [0.3, 0.4) is 0 Å². The molecule has 0 amide bonds. The Labute approximate surface area is 61.2 Å². The summed E-state index contributed by atoms with van der Waals surface area (Å²) >= 11 is 0.908. The summed E-state index contributed by atoms with van der Waals surface area (Å²) in [6, 6.07) is 0. The first kappa shape index (κ1) is 7.01. The van der Waals surface area contributed by atoms with E-state index in [1.165, 1.54) is 13.3 Å². The van der Waals surface area contributed by atoms with Crippen molar-refractivity contribution in [3.8, 4) is 5.75 Å². The fraction of sp³-hybridized carbons (Fsp3) is 0.200. The fourth-order valence-electron chi connectivity index (χ4n) is 0.469. The minimum absolute atomic E-state index is 0.128. The molecule has 0 unspecified atom stereocenters. The summed E-state index contributed by atoms with van der Waals surface area (Å²) in [6.45, 7) is 0. The van der Waals surface area contributed by atoms with E-state index in [1.54, 1.807) is 0 Å². The molecule has 1 aromatic heterocycles. The topological polar surface area (TPSA) is 59.4 Å². The maximum Gasteiger partial charge on any atom is 0.353 e. The van der Waals surface area contributed by atoms with E-state index >= 15 is 0 Å². The molecule has 0 aliphatic heterocycles. The van der Waals surface area contributed by atoms with Gasteiger partial charge in [-0.2, -0.15) is 4.37 Å². The molecule has 0 radical (unpaired) electrons. The Morgan fingerprint density at radius 1 is 1.90 bits per heavy atom. The van der Waals surface area contributed by atoms with Crippen LogP contribution in [0, 0.1) is 0 Å². The lowest BCUT2D eigenvalue weighted by Crippen LogP contribution is -1.97. The Hall–Kier alpha value is -1.10. The second kappa shape index (κ2) is 2.66. The molecular weight excluding hydrogens is 154 g/mol. The number of ether oxygens (including phenoxy) is 1. The molecule has 0 atom stereocenters. The van der Waals surface area contributed by atoms with Crippen LogP contribution < -0.4 is 0 Å². The molecule has 0 aliphatic carbocycles. The molecule has 1 heterocycles. The number of carbonyl (C=O) groups is 1. The lowest BCUT2D eigenvalue weighted by Gasteiger charge is -1.92. The minimum Gasteiger partial charge on any atom is -0.505 e. The zero-order chi connectivity index (χ0) is 7.56. The molecule has 10 heavy (non-hydrogen) atoms. The van der Waals surface area contributed by atoms with E-state index in [-0.39, 0.29) is 10.6 Å². The van der Waals surface area contributed by atoms with Gasteiger partial charge in [-0.05, 0) is 11.5 Å². The van der Waals surface area contributed by atoms with Gasteiger partial charge in [0, 0.05) is 0 Å². The first-order valence-corrected chi connectivity index (χ1v) is 3.25. The van der Waals surface area contributed by atoms with Crippen LogP contribution in [0.25, 0.3) is 0 Å². The standard InChI is InChI=1S/C5H5NO3S/c1-9-5(8)4-3(7)2-6-10-4/h2,7H,1H3. The lowest BCUT2D eigenvalue weighted by atomic mass is 10.5. The predicted molar refractivity (Wildman–Crippen MR) is 35.1 cm³/mol. The van der Waals surface area contributed by atoms with Crippen molar-refractivity contribution < 1.29 is 14.6 Å². The molecule has 5 heteroatoms. The molecule has 0 saturated carbocycles. The highest BCUT2D eigenvalue weighted by Crippen LogP contribution is 2.20. The zero-order valence-corrected chi connectivity index (χ0v) is 6.01. The highest BCUT2D eigenvalue weighted by atomic mass is 32.1. The quantitative estimate of drug-likeness (QED) is 0.611. The summed E-state index contributed by atoms with van der Waals surface area (Å²) < 4.78 is 7.93. The average Bonchev–Trinajstić information content (AvgIpc) is 2.34. The fourth-order valence-corrected chi connectivity index (χ4v) is 1.03. The summed E-state index contributed by atoms with van der Waals surface area (Å²) in [7, 11) is 1.25. The van der Waals surface area contributed by atoms with Gasteiger partial charge in [0.05, 0.1) is 13.3 Å². The van der Waals surface area contributed by atoms with Crippen molar-refractivity contribution in [2.45, 2.75) is 0 Å². The van der Waals surface area contributed by atoms with Crippen LogP contribution in [0.15, 0.2) is 6.20 Å². The molecular formula is C5H5NO3S. The van der Waals surface area contributed by atoms with E-state index in [0.717, 1.165) is 11.5 Å². The van der Waals surface area contributed by atoms with Crippen molar-refractivity contribution in [3.63, 3.8) is 0 Å². The monoisotopic (exact) mass is 159 g/mol. The molecule has 0 bridgehead atoms. The van der Waals surface area contributed by atoms with Crippen molar-refractivity contribution >= 4 is 17.5 Å². The highest BCUT2D eigenvalue weighted by Gasteiger charge is 2.12. The Kier molecular flexibility index (Phi) is 1.86. The Bertz CT molecular complexity index is 245. The first-order valence-electron chi connectivity index (χ1n) is 2.47. The third-order valence-electron chi connectivity index (χ3n) is 0.922. The van der Waals surface area contributed by atoms with Crippen molar-refractivity contribution in [2.75, 3.05) is 7.11 Å². The SMILES string of the molecule is COC(=O)c1sncc1O. The molecule has 1 N–H and O–H groups in total. The predicted octanol–water partition coefficient (Wildman–Crippen LogP) is 0.635. The van der Waals surface area contributed by atoms with Gasteiger partial charge in [-0.15, -0.1) is 0 Å². The van der Waals surface area contributed by atoms with Crippen LogP contribution in [-0.4, -0.2) is 22.6 Å². The van der Waals surface area contributed by atoms with Crippen molar-refractivity contribution in [3.05, 3.63) is 11.1 Å². The van der Waals surface area contributed by atoms with Gasteiger partial charge in [-0.1, -0.05) is 0 Å². The molecule has 4 nitrogen and oxygen atoms in total. The second-order valence-corrected chi connectivity index (χ2v) is 2.33. The maximum atomic E-state index is 10.7. The largest absolute Gasteiger partial charge is 0.505 e. The molecule has 1 aromatic rings. The molecule has 0 aromatic carbocycles. The number of carbonyl (C=O) groups excluding carboxylic acids is 1. The number of nitrogens with zero attached hydrogens (tertiary/aromatic N) is 1. The van der Waals surface area contributed by atoms with Crippen molar-refractivity contribution in [1.82, 2.24) is 4.37 Å². The number of methoxy groups -OCH3 is 1. The van der Waals surface area contributed by atoms with Crippen LogP contribution in [0.2, 0.25) is 0 Å². The zero-order valence-electron chi connectivity index (χ0n) is 5.20. The normalized spacial score (nSPS) is 9.30. The molecule has 0 fully saturated rings. The van der Waals surface area contributed by atoms with Crippen molar-refractivity contribution in [2.24, 2.45) is 0 Å². The summed E-state index contributed by atoms with van der Waals surface area (Å²) in [5.41, 5.74) is 0. The second-order valence-electron chi connectivity index (χ2n) is 1.53. The van der Waals surface area contributed by atoms with Gasteiger partial charge in [-0.3, -0.25) is 0 Å². The number of hydrogen-bond donors (Lipinski definition) is 1. The number of aromatic nitrogens is 1.